The summed E-state index contributed by atoms with van der Waals surface area (Å²) in [7, 11) is 0. The van der Waals surface area contributed by atoms with Crippen molar-refractivity contribution in [2.24, 2.45) is 0 Å². The average molecular weight is 385 g/mol. The summed E-state index contributed by atoms with van der Waals surface area (Å²) in [5, 5.41) is 1.13. The number of para-hydroxylation sites is 1. The maximum Gasteiger partial charge on any atom is 0.227 e. The van der Waals surface area contributed by atoms with E-state index in [1.807, 2.05) is 12.1 Å². The van der Waals surface area contributed by atoms with Crippen LogP contribution in [0.3, 0.4) is 0 Å². The molecule has 3 heteroatoms. The summed E-state index contributed by atoms with van der Waals surface area (Å²) in [5.74, 6) is 0.289. The van der Waals surface area contributed by atoms with Crippen LogP contribution >= 0.6 is 0 Å². The molecule has 0 bridgehead atoms. The Labute approximate surface area is 172 Å². The van der Waals surface area contributed by atoms with E-state index in [0.717, 1.165) is 27.7 Å². The van der Waals surface area contributed by atoms with E-state index in [1.165, 1.54) is 44.1 Å². The fourth-order valence-corrected chi connectivity index (χ4v) is 5.01. The number of pyridine rings is 1. The van der Waals surface area contributed by atoms with Crippen LogP contribution in [-0.4, -0.2) is 27.9 Å². The van der Waals surface area contributed by atoms with Gasteiger partial charge in [0.05, 0.1) is 11.9 Å². The molecular weight excluding hydrogens is 356 g/mol. The molecule has 2 aliphatic carbocycles. The Balaban J connectivity index is 1.59. The lowest BCUT2D eigenvalue weighted by molar-refractivity contribution is -0.133. The second-order valence-electron chi connectivity index (χ2n) is 8.58. The Kier molecular flexibility index (Phi) is 4.83. The molecule has 2 saturated carbocycles. The number of aryl methyl sites for hydroxylation is 1. The topological polar surface area (TPSA) is 33.2 Å². The van der Waals surface area contributed by atoms with Gasteiger partial charge in [-0.2, -0.15) is 0 Å². The smallest absolute Gasteiger partial charge is 0.227 e. The van der Waals surface area contributed by atoms with Gasteiger partial charge in [-0.1, -0.05) is 61.4 Å². The molecule has 0 unspecified atom stereocenters. The summed E-state index contributed by atoms with van der Waals surface area (Å²) < 4.78 is 0. The highest BCUT2D eigenvalue weighted by Crippen LogP contribution is 2.37. The van der Waals surface area contributed by atoms with Crippen molar-refractivity contribution in [1.29, 1.82) is 0 Å². The quantitative estimate of drug-likeness (QED) is 0.566. The van der Waals surface area contributed by atoms with Crippen molar-refractivity contribution in [2.45, 2.75) is 64.0 Å². The van der Waals surface area contributed by atoms with Crippen molar-refractivity contribution >= 4 is 16.8 Å². The van der Waals surface area contributed by atoms with E-state index in [2.05, 4.69) is 54.3 Å². The number of benzene rings is 2. The van der Waals surface area contributed by atoms with Gasteiger partial charge >= 0.3 is 0 Å². The van der Waals surface area contributed by atoms with Crippen LogP contribution in [0.1, 0.15) is 49.8 Å². The number of hydrogen-bond acceptors (Lipinski definition) is 2. The van der Waals surface area contributed by atoms with Crippen LogP contribution in [0.4, 0.5) is 0 Å². The summed E-state index contributed by atoms with van der Waals surface area (Å²) in [6.07, 6.45) is 7.64. The minimum atomic E-state index is 0.289. The first-order valence-corrected chi connectivity index (χ1v) is 11.0. The molecule has 5 rings (SSSR count). The van der Waals surface area contributed by atoms with E-state index in [0.29, 0.717) is 18.5 Å². The lowest BCUT2D eigenvalue weighted by Gasteiger charge is -2.30. The van der Waals surface area contributed by atoms with Crippen LogP contribution in [0, 0.1) is 6.92 Å². The zero-order valence-corrected chi connectivity index (χ0v) is 17.1. The molecule has 1 aromatic heterocycles. The standard InChI is InChI=1S/C26H28N2O/c1-18-23(17-25(29)28(21-15-16-21)20-11-5-6-12-20)26(19-9-3-2-4-10-19)22-13-7-8-14-24(22)27-18/h2-4,7-10,13-14,20-21H,5-6,11-12,15-17H2,1H3. The largest absolute Gasteiger partial charge is 0.336 e. The minimum absolute atomic E-state index is 0.289. The third kappa shape index (κ3) is 3.55. The molecule has 0 N–H and O–H groups in total. The predicted octanol–water partition coefficient (Wildman–Crippen LogP) is 5.69. The number of amides is 1. The molecule has 2 fully saturated rings. The number of carbonyl (C=O) groups is 1. The van der Waals surface area contributed by atoms with E-state index < -0.39 is 0 Å². The monoisotopic (exact) mass is 384 g/mol. The maximum atomic E-state index is 13.6. The first kappa shape index (κ1) is 18.4. The Morgan fingerprint density at radius 2 is 1.59 bits per heavy atom. The van der Waals surface area contributed by atoms with Gasteiger partial charge in [-0.05, 0) is 55.4 Å². The van der Waals surface area contributed by atoms with Crippen LogP contribution in [0.25, 0.3) is 22.0 Å². The van der Waals surface area contributed by atoms with Gasteiger partial charge in [-0.25, -0.2) is 0 Å². The van der Waals surface area contributed by atoms with Gasteiger partial charge in [-0.3, -0.25) is 9.78 Å². The lowest BCUT2D eigenvalue weighted by Crippen LogP contribution is -2.41. The second kappa shape index (κ2) is 7.62. The maximum absolute atomic E-state index is 13.6. The van der Waals surface area contributed by atoms with Crippen LogP contribution in [0.15, 0.2) is 54.6 Å². The zero-order chi connectivity index (χ0) is 19.8. The third-order valence-electron chi connectivity index (χ3n) is 6.54. The predicted molar refractivity (Wildman–Crippen MR) is 118 cm³/mol. The van der Waals surface area contributed by atoms with Crippen molar-refractivity contribution < 1.29 is 4.79 Å². The van der Waals surface area contributed by atoms with Crippen LogP contribution in [0.5, 0.6) is 0 Å². The first-order valence-electron chi connectivity index (χ1n) is 11.0. The molecule has 0 spiro atoms. The lowest BCUT2D eigenvalue weighted by atomic mass is 9.92. The fraction of sp³-hybridized carbons (Fsp3) is 0.385. The SMILES string of the molecule is Cc1nc2ccccc2c(-c2ccccc2)c1CC(=O)N(C1CCCC1)C1CC1. The number of fused-ring (bicyclic) bond motifs is 1. The van der Waals surface area contributed by atoms with Crippen LogP contribution in [-0.2, 0) is 11.2 Å². The van der Waals surface area contributed by atoms with Crippen molar-refractivity contribution in [3.63, 3.8) is 0 Å². The molecule has 2 aliphatic rings. The highest BCUT2D eigenvalue weighted by atomic mass is 16.2. The minimum Gasteiger partial charge on any atom is -0.336 e. The van der Waals surface area contributed by atoms with Gasteiger partial charge in [-0.15, -0.1) is 0 Å². The van der Waals surface area contributed by atoms with Gasteiger partial charge in [0.15, 0.2) is 0 Å². The van der Waals surface area contributed by atoms with Crippen LogP contribution in [0.2, 0.25) is 0 Å². The Morgan fingerprint density at radius 1 is 0.931 bits per heavy atom. The molecule has 3 aromatic rings. The zero-order valence-electron chi connectivity index (χ0n) is 17.1. The van der Waals surface area contributed by atoms with Crippen molar-refractivity contribution in [3.8, 4) is 11.1 Å². The van der Waals surface area contributed by atoms with Crippen molar-refractivity contribution in [3.05, 3.63) is 65.9 Å². The van der Waals surface area contributed by atoms with Gasteiger partial charge in [0.25, 0.3) is 0 Å². The number of nitrogens with zero attached hydrogens (tertiary/aromatic N) is 2. The molecule has 1 amide bonds. The summed E-state index contributed by atoms with van der Waals surface area (Å²) in [4.78, 5) is 20.7. The third-order valence-corrected chi connectivity index (χ3v) is 6.54. The van der Waals surface area contributed by atoms with Crippen molar-refractivity contribution in [2.75, 3.05) is 0 Å². The summed E-state index contributed by atoms with van der Waals surface area (Å²) >= 11 is 0. The summed E-state index contributed by atoms with van der Waals surface area (Å²) in [5.41, 5.74) is 5.39. The second-order valence-corrected chi connectivity index (χ2v) is 8.58. The molecule has 0 atom stereocenters. The van der Waals surface area contributed by atoms with Gasteiger partial charge in [0.1, 0.15) is 0 Å². The van der Waals surface area contributed by atoms with Gasteiger partial charge in [0.2, 0.25) is 5.91 Å². The summed E-state index contributed by atoms with van der Waals surface area (Å²) in [6, 6.07) is 19.7. The highest BCUT2D eigenvalue weighted by molar-refractivity contribution is 5.98. The van der Waals surface area contributed by atoms with E-state index in [-0.39, 0.29) is 5.91 Å². The molecule has 2 aromatic carbocycles. The van der Waals surface area contributed by atoms with E-state index in [1.54, 1.807) is 0 Å². The normalized spacial score (nSPS) is 17.0. The first-order chi connectivity index (χ1) is 14.2. The Bertz CT molecular complexity index is 1030. The molecule has 0 saturated heterocycles. The van der Waals surface area contributed by atoms with Gasteiger partial charge < -0.3 is 4.90 Å². The molecule has 0 aliphatic heterocycles. The molecular formula is C26H28N2O. The highest BCUT2D eigenvalue weighted by Gasteiger charge is 2.38. The number of hydrogen-bond donors (Lipinski definition) is 0. The van der Waals surface area contributed by atoms with E-state index in [4.69, 9.17) is 4.98 Å². The molecule has 29 heavy (non-hydrogen) atoms. The number of rotatable bonds is 5. The fourth-order valence-electron chi connectivity index (χ4n) is 5.01. The Morgan fingerprint density at radius 3 is 2.31 bits per heavy atom. The average Bonchev–Trinajstić information content (AvgIpc) is 3.42. The van der Waals surface area contributed by atoms with E-state index in [9.17, 15) is 4.79 Å². The molecule has 1 heterocycles. The van der Waals surface area contributed by atoms with Crippen LogP contribution < -0.4 is 0 Å². The molecule has 148 valence electrons. The summed E-state index contributed by atoms with van der Waals surface area (Å²) in [6.45, 7) is 2.05. The Hall–Kier alpha value is -2.68. The van der Waals surface area contributed by atoms with E-state index >= 15 is 0 Å². The van der Waals surface area contributed by atoms with Gasteiger partial charge in [0, 0.05) is 23.2 Å². The molecule has 3 nitrogen and oxygen atoms in total. The molecule has 0 radical (unpaired) electrons. The number of carbonyl (C=O) groups excluding carboxylic acids is 1. The number of aromatic nitrogens is 1. The van der Waals surface area contributed by atoms with Crippen molar-refractivity contribution in [1.82, 2.24) is 9.88 Å².